The molecule has 0 amide bonds. The van der Waals surface area contributed by atoms with E-state index in [1.807, 2.05) is 0 Å². The molecule has 4 rings (SSSR count). The van der Waals surface area contributed by atoms with Crippen LogP contribution >= 0.6 is 0 Å². The van der Waals surface area contributed by atoms with E-state index in [4.69, 9.17) is 0 Å². The van der Waals surface area contributed by atoms with E-state index in [0.717, 1.165) is 11.6 Å². The van der Waals surface area contributed by atoms with E-state index >= 15 is 0 Å². The Morgan fingerprint density at radius 3 is 1.32 bits per heavy atom. The first-order valence-corrected chi connectivity index (χ1v) is 20.9. The summed E-state index contributed by atoms with van der Waals surface area (Å²) >= 11 is 0. The molecule has 0 bridgehead atoms. The van der Waals surface area contributed by atoms with Crippen LogP contribution < -0.4 is 0 Å². The van der Waals surface area contributed by atoms with E-state index in [1.165, 1.54) is 63.1 Å². The van der Waals surface area contributed by atoms with E-state index in [9.17, 15) is 0 Å². The van der Waals surface area contributed by atoms with Crippen LogP contribution in [-0.4, -0.2) is 16.1 Å². The van der Waals surface area contributed by atoms with Gasteiger partial charge >= 0.3 is 32.7 Å². The molecule has 0 saturated carbocycles. The molecule has 0 aliphatic rings. The van der Waals surface area contributed by atoms with E-state index in [1.54, 1.807) is 0 Å². The van der Waals surface area contributed by atoms with Gasteiger partial charge in [0.1, 0.15) is 0 Å². The number of hydrogen-bond acceptors (Lipinski definition) is 0. The predicted molar refractivity (Wildman–Crippen MR) is 172 cm³/mol. The van der Waals surface area contributed by atoms with Crippen LogP contribution in [0.5, 0.6) is 0 Å². The molecule has 0 aliphatic carbocycles. The van der Waals surface area contributed by atoms with Crippen molar-refractivity contribution in [3.63, 3.8) is 0 Å². The van der Waals surface area contributed by atoms with Crippen molar-refractivity contribution in [1.29, 1.82) is 0 Å². The molecule has 0 saturated heterocycles. The second-order valence-electron chi connectivity index (χ2n) is 12.7. The maximum absolute atomic E-state index is 3.93. The zero-order chi connectivity index (χ0) is 27.1. The van der Waals surface area contributed by atoms with Gasteiger partial charge in [-0.1, -0.05) is 101 Å². The normalized spacial score (nSPS) is 11.6. The van der Waals surface area contributed by atoms with Crippen molar-refractivity contribution in [2.75, 3.05) is 0 Å². The minimum Gasteiger partial charge on any atom is -0.343 e. The summed E-state index contributed by atoms with van der Waals surface area (Å²) in [5, 5.41) is 6.66. The van der Waals surface area contributed by atoms with Crippen LogP contribution in [0, 0.1) is 34.6 Å². The van der Waals surface area contributed by atoms with Crippen molar-refractivity contribution in [3.8, 4) is 0 Å². The molecule has 3 heteroatoms. The summed E-state index contributed by atoms with van der Waals surface area (Å²) in [5.41, 5.74) is 5.48. The third-order valence-corrected chi connectivity index (χ3v) is 17.5. The van der Waals surface area contributed by atoms with Crippen LogP contribution in [0.1, 0.15) is 47.9 Å². The summed E-state index contributed by atoms with van der Waals surface area (Å²) in [6, 6.07) is 21.7. The Morgan fingerprint density at radius 1 is 0.622 bits per heavy atom. The van der Waals surface area contributed by atoms with Crippen LogP contribution in [-0.2, 0) is 32.7 Å². The Hall–Kier alpha value is -0.802. The number of unbranched alkanes of at least 4 members (excludes halogenated alkanes) is 2. The molecule has 198 valence electrons. The minimum atomic E-state index is -0.931. The molecule has 0 atom stereocenters. The second-order valence-corrected chi connectivity index (χ2v) is 24.2. The van der Waals surface area contributed by atoms with Gasteiger partial charge in [-0.25, -0.2) is 0 Å². The van der Waals surface area contributed by atoms with E-state index in [-0.39, 0.29) is 32.7 Å². The second kappa shape index (κ2) is 15.1. The minimum absolute atomic E-state index is 0. The third-order valence-electron chi connectivity index (χ3n) is 7.58. The Kier molecular flexibility index (Phi) is 14.0. The Labute approximate surface area is 256 Å². The fraction of sp³-hybridized carbons (Fsp3) is 0.441. The molecule has 37 heavy (non-hydrogen) atoms. The first-order valence-electron chi connectivity index (χ1n) is 13.8. The number of benzene rings is 2. The molecular formula is C34H51Si2Y. The molecule has 0 heterocycles. The van der Waals surface area contributed by atoms with E-state index in [2.05, 4.69) is 135 Å². The summed E-state index contributed by atoms with van der Waals surface area (Å²) in [5.74, 6) is 0. The van der Waals surface area contributed by atoms with Gasteiger partial charge in [-0.3, -0.25) is 0 Å². The molecule has 0 aromatic heterocycles. The molecule has 0 nitrogen and oxygen atoms in total. The molecule has 4 aromatic rings. The van der Waals surface area contributed by atoms with Gasteiger partial charge in [0.25, 0.3) is 0 Å². The Balaban J connectivity index is 0.000000275. The first kappa shape index (κ1) is 34.2. The van der Waals surface area contributed by atoms with Crippen LogP contribution in [0.4, 0.5) is 0 Å². The average Bonchev–Trinajstić information content (AvgIpc) is 3.47. The summed E-state index contributed by atoms with van der Waals surface area (Å²) in [6.07, 6.45) is 5.32. The van der Waals surface area contributed by atoms with Gasteiger partial charge in [0.15, 0.2) is 0 Å². The summed E-state index contributed by atoms with van der Waals surface area (Å²) in [4.78, 5) is 0. The molecule has 0 N–H and O–H groups in total. The number of hydrogen-bond donors (Lipinski definition) is 0. The summed E-state index contributed by atoms with van der Waals surface area (Å²) in [6.45, 7) is 27.8. The van der Waals surface area contributed by atoms with E-state index in [0.29, 0.717) is 0 Å². The molecule has 0 radical (unpaired) electrons. The van der Waals surface area contributed by atoms with Crippen molar-refractivity contribution in [2.45, 2.75) is 97.8 Å². The van der Waals surface area contributed by atoms with Crippen LogP contribution in [0.15, 0.2) is 60.7 Å². The van der Waals surface area contributed by atoms with Gasteiger partial charge < -0.3 is 6.92 Å². The SMILES string of the molecule is Cc1ccc(C)c2[cH-]ccc12.Cc1ccc(C)c2[cH-]ccc12.[CH2-]CCCCC([Si](C)(C)C)[Si](C)(C)C.[Y+3]. The summed E-state index contributed by atoms with van der Waals surface area (Å²) < 4.78 is 0. The zero-order valence-electron chi connectivity index (χ0n) is 25.5. The maximum atomic E-state index is 3.93. The topological polar surface area (TPSA) is 0 Å². The first-order chi connectivity index (χ1) is 16.8. The standard InChI is InChI=1S/C12H29Si2.2C11H11.Y/c1-8-9-10-11-12(13(2,3)4)14(5,6)7;2*1-8-6-7-9(2)11-5-3-4-10(8)11;/h12H,1,8-11H2,2-7H3;2*3-7H,1-2H3;/q3*-1;+3. The quantitative estimate of drug-likeness (QED) is 0.117. The van der Waals surface area contributed by atoms with Crippen molar-refractivity contribution in [1.82, 2.24) is 0 Å². The van der Waals surface area contributed by atoms with Crippen molar-refractivity contribution in [2.24, 2.45) is 0 Å². The maximum Gasteiger partial charge on any atom is 3.00 e. The Bertz CT molecular complexity index is 1050. The van der Waals surface area contributed by atoms with Gasteiger partial charge in [0.2, 0.25) is 0 Å². The number of fused-ring (bicyclic) bond motifs is 2. The van der Waals surface area contributed by atoms with Crippen molar-refractivity contribution in [3.05, 3.63) is 89.8 Å². The number of rotatable bonds is 6. The molecule has 0 fully saturated rings. The largest absolute Gasteiger partial charge is 3.00 e. The smallest absolute Gasteiger partial charge is 0.343 e. The fourth-order valence-electron chi connectivity index (χ4n) is 5.77. The molecular weight excluding hydrogens is 553 g/mol. The van der Waals surface area contributed by atoms with Crippen LogP contribution in [0.25, 0.3) is 21.5 Å². The van der Waals surface area contributed by atoms with Gasteiger partial charge in [0.05, 0.1) is 0 Å². The summed E-state index contributed by atoms with van der Waals surface area (Å²) in [7, 11) is -1.86. The molecule has 4 aromatic carbocycles. The van der Waals surface area contributed by atoms with Crippen molar-refractivity contribution >= 4 is 37.7 Å². The average molecular weight is 605 g/mol. The fourth-order valence-corrected chi connectivity index (χ4v) is 18.3. The molecule has 0 unspecified atom stereocenters. The van der Waals surface area contributed by atoms with E-state index < -0.39 is 16.1 Å². The van der Waals surface area contributed by atoms with Gasteiger partial charge in [-0.15, -0.1) is 56.9 Å². The Morgan fingerprint density at radius 2 is 1.00 bits per heavy atom. The third kappa shape index (κ3) is 10.0. The zero-order valence-corrected chi connectivity index (χ0v) is 30.3. The van der Waals surface area contributed by atoms with Gasteiger partial charge in [-0.05, 0) is 13.8 Å². The van der Waals surface area contributed by atoms with Gasteiger partial charge in [0, 0.05) is 16.1 Å². The van der Waals surface area contributed by atoms with Crippen LogP contribution in [0.2, 0.25) is 44.4 Å². The number of aryl methyl sites for hydroxylation is 4. The predicted octanol–water partition coefficient (Wildman–Crippen LogP) is 11.3. The van der Waals surface area contributed by atoms with Crippen LogP contribution in [0.3, 0.4) is 0 Å². The van der Waals surface area contributed by atoms with Crippen molar-refractivity contribution < 1.29 is 32.7 Å². The molecule has 0 aliphatic heterocycles. The van der Waals surface area contributed by atoms with Gasteiger partial charge in [-0.2, -0.15) is 30.7 Å². The monoisotopic (exact) mass is 604 g/mol. The molecule has 0 spiro atoms.